The van der Waals surface area contributed by atoms with Gasteiger partial charge in [-0.05, 0) is 31.2 Å². The van der Waals surface area contributed by atoms with Crippen LogP contribution < -0.4 is 10.5 Å². The van der Waals surface area contributed by atoms with Gasteiger partial charge in [-0.3, -0.25) is 4.57 Å². The minimum absolute atomic E-state index is 0.0685. The van der Waals surface area contributed by atoms with E-state index in [1.807, 2.05) is 6.07 Å². The summed E-state index contributed by atoms with van der Waals surface area (Å²) < 4.78 is 48.1. The molecule has 29 heavy (non-hydrogen) atoms. The van der Waals surface area contributed by atoms with Gasteiger partial charge in [0, 0.05) is 5.69 Å². The predicted octanol–water partition coefficient (Wildman–Crippen LogP) is 3.29. The number of nitrogens with zero attached hydrogens (tertiary/aromatic N) is 3. The van der Waals surface area contributed by atoms with E-state index in [1.165, 1.54) is 29.9 Å². The van der Waals surface area contributed by atoms with Crippen LogP contribution in [0.1, 0.15) is 5.82 Å². The van der Waals surface area contributed by atoms with Crippen molar-refractivity contribution in [3.8, 4) is 11.6 Å². The molecule has 4 aromatic rings. The SMILES string of the molecule is COc1nc(C)nc2c(S(=O)(=O)c3ccccc3F)c(N)n(-c3ccccc3)c12. The van der Waals surface area contributed by atoms with Crippen LogP contribution in [0.15, 0.2) is 64.4 Å². The highest BCUT2D eigenvalue weighted by atomic mass is 32.2. The number of fused-ring (bicyclic) bond motifs is 1. The maximum atomic E-state index is 14.4. The van der Waals surface area contributed by atoms with Crippen molar-refractivity contribution in [2.45, 2.75) is 16.7 Å². The molecular formula is C20H17FN4O3S. The molecule has 9 heteroatoms. The van der Waals surface area contributed by atoms with E-state index < -0.39 is 20.5 Å². The first-order chi connectivity index (χ1) is 13.9. The summed E-state index contributed by atoms with van der Waals surface area (Å²) in [7, 11) is -2.90. The molecule has 7 nitrogen and oxygen atoms in total. The topological polar surface area (TPSA) is 100 Å². The Hall–Kier alpha value is -3.46. The largest absolute Gasteiger partial charge is 0.479 e. The molecule has 4 rings (SSSR count). The van der Waals surface area contributed by atoms with Crippen LogP contribution in [-0.2, 0) is 9.84 Å². The minimum Gasteiger partial charge on any atom is -0.479 e. The molecule has 0 amide bonds. The summed E-state index contributed by atoms with van der Waals surface area (Å²) in [5.74, 6) is -0.513. The van der Waals surface area contributed by atoms with Crippen molar-refractivity contribution in [3.05, 3.63) is 66.2 Å². The molecule has 2 aromatic carbocycles. The summed E-state index contributed by atoms with van der Waals surface area (Å²) in [6.07, 6.45) is 0. The van der Waals surface area contributed by atoms with Gasteiger partial charge >= 0.3 is 0 Å². The number of benzene rings is 2. The first-order valence-electron chi connectivity index (χ1n) is 8.63. The Morgan fingerprint density at radius 1 is 1.03 bits per heavy atom. The summed E-state index contributed by atoms with van der Waals surface area (Å²) in [5, 5.41) is 0. The molecule has 0 atom stereocenters. The number of methoxy groups -OCH3 is 1. The molecule has 0 saturated heterocycles. The third-order valence-corrected chi connectivity index (χ3v) is 6.33. The van der Waals surface area contributed by atoms with Crippen LogP contribution >= 0.6 is 0 Å². The Balaban J connectivity index is 2.18. The first kappa shape index (κ1) is 18.9. The van der Waals surface area contributed by atoms with Gasteiger partial charge < -0.3 is 10.5 Å². The standard InChI is InChI=1S/C20H17FN4O3S/c1-12-23-16-17(20(24-12)28-2)25(13-8-4-3-5-9-13)19(22)18(16)29(26,27)15-11-7-6-10-14(15)21/h3-11H,22H2,1-2H3. The van der Waals surface area contributed by atoms with Crippen LogP contribution in [0, 0.1) is 12.7 Å². The zero-order valence-corrected chi connectivity index (χ0v) is 16.4. The van der Waals surface area contributed by atoms with Gasteiger partial charge in [0.15, 0.2) is 0 Å². The highest BCUT2D eigenvalue weighted by molar-refractivity contribution is 7.92. The molecule has 0 fully saturated rings. The lowest BCUT2D eigenvalue weighted by Gasteiger charge is -2.10. The molecule has 0 saturated carbocycles. The molecular weight excluding hydrogens is 395 g/mol. The number of nitrogens with two attached hydrogens (primary N) is 1. The zero-order chi connectivity index (χ0) is 20.8. The molecule has 148 valence electrons. The fraction of sp³-hybridized carbons (Fsp3) is 0.100. The van der Waals surface area contributed by atoms with Crippen LogP contribution in [0.25, 0.3) is 16.7 Å². The van der Waals surface area contributed by atoms with Crippen molar-refractivity contribution < 1.29 is 17.5 Å². The van der Waals surface area contributed by atoms with E-state index in [1.54, 1.807) is 31.2 Å². The van der Waals surface area contributed by atoms with E-state index in [9.17, 15) is 12.8 Å². The number of para-hydroxylation sites is 1. The Morgan fingerprint density at radius 3 is 2.34 bits per heavy atom. The summed E-state index contributed by atoms with van der Waals surface area (Å²) in [4.78, 5) is 7.81. The summed E-state index contributed by atoms with van der Waals surface area (Å²) in [5.41, 5.74) is 7.28. The van der Waals surface area contributed by atoms with Crippen LogP contribution in [-0.4, -0.2) is 30.1 Å². The number of hydrogen-bond donors (Lipinski definition) is 1. The number of aryl methyl sites for hydroxylation is 1. The van der Waals surface area contributed by atoms with Crippen molar-refractivity contribution >= 4 is 26.7 Å². The van der Waals surface area contributed by atoms with Crippen molar-refractivity contribution in [2.24, 2.45) is 0 Å². The molecule has 0 aliphatic rings. The third-order valence-electron chi connectivity index (χ3n) is 4.48. The number of hydrogen-bond acceptors (Lipinski definition) is 6. The van der Waals surface area contributed by atoms with Gasteiger partial charge in [-0.15, -0.1) is 0 Å². The van der Waals surface area contributed by atoms with Gasteiger partial charge in [0.1, 0.15) is 38.3 Å². The molecule has 2 N–H and O–H groups in total. The van der Waals surface area contributed by atoms with Gasteiger partial charge in [-0.2, -0.15) is 4.98 Å². The third kappa shape index (κ3) is 2.90. The van der Waals surface area contributed by atoms with Gasteiger partial charge in [-0.25, -0.2) is 17.8 Å². The second-order valence-electron chi connectivity index (χ2n) is 6.30. The molecule has 0 aliphatic heterocycles. The Morgan fingerprint density at radius 2 is 1.69 bits per heavy atom. The van der Waals surface area contributed by atoms with Gasteiger partial charge in [-0.1, -0.05) is 30.3 Å². The van der Waals surface area contributed by atoms with Crippen molar-refractivity contribution in [1.29, 1.82) is 0 Å². The second kappa shape index (κ2) is 6.85. The molecule has 0 radical (unpaired) electrons. The average molecular weight is 412 g/mol. The zero-order valence-electron chi connectivity index (χ0n) is 15.6. The highest BCUT2D eigenvalue weighted by Gasteiger charge is 2.33. The van der Waals surface area contributed by atoms with Gasteiger partial charge in [0.2, 0.25) is 15.7 Å². The van der Waals surface area contributed by atoms with E-state index in [0.29, 0.717) is 11.5 Å². The second-order valence-corrected chi connectivity index (χ2v) is 8.15. The molecule has 2 heterocycles. The average Bonchev–Trinajstić information content (AvgIpc) is 3.00. The quantitative estimate of drug-likeness (QED) is 0.552. The minimum atomic E-state index is -4.32. The van der Waals surface area contributed by atoms with Crippen LogP contribution in [0.5, 0.6) is 5.88 Å². The maximum absolute atomic E-state index is 14.4. The van der Waals surface area contributed by atoms with E-state index in [4.69, 9.17) is 10.5 Å². The summed E-state index contributed by atoms with van der Waals surface area (Å²) >= 11 is 0. The van der Waals surface area contributed by atoms with E-state index >= 15 is 0 Å². The molecule has 0 spiro atoms. The fourth-order valence-electron chi connectivity index (χ4n) is 3.27. The lowest BCUT2D eigenvalue weighted by Crippen LogP contribution is -2.08. The number of anilines is 1. The van der Waals surface area contributed by atoms with Crippen molar-refractivity contribution in [2.75, 3.05) is 12.8 Å². The number of aromatic nitrogens is 3. The van der Waals surface area contributed by atoms with Crippen molar-refractivity contribution in [3.63, 3.8) is 0 Å². The number of halogens is 1. The number of rotatable bonds is 4. The van der Waals surface area contributed by atoms with E-state index in [2.05, 4.69) is 9.97 Å². The summed E-state index contributed by atoms with van der Waals surface area (Å²) in [6.45, 7) is 1.61. The first-order valence-corrected chi connectivity index (χ1v) is 10.1. The molecule has 0 bridgehead atoms. The Labute approximate surface area is 166 Å². The van der Waals surface area contributed by atoms with E-state index in [0.717, 1.165) is 6.07 Å². The number of ether oxygens (including phenoxy) is 1. The fourth-order valence-corrected chi connectivity index (χ4v) is 4.84. The normalized spacial score (nSPS) is 11.7. The molecule has 0 unspecified atom stereocenters. The van der Waals surface area contributed by atoms with Crippen LogP contribution in [0.2, 0.25) is 0 Å². The van der Waals surface area contributed by atoms with Crippen molar-refractivity contribution in [1.82, 2.24) is 14.5 Å². The Kier molecular flexibility index (Phi) is 4.46. The lowest BCUT2D eigenvalue weighted by molar-refractivity contribution is 0.400. The lowest BCUT2D eigenvalue weighted by atomic mass is 10.3. The maximum Gasteiger partial charge on any atom is 0.242 e. The van der Waals surface area contributed by atoms with Gasteiger partial charge in [0.25, 0.3) is 0 Å². The smallest absolute Gasteiger partial charge is 0.242 e. The van der Waals surface area contributed by atoms with Gasteiger partial charge in [0.05, 0.1) is 7.11 Å². The molecule has 2 aromatic heterocycles. The number of nitrogen functional groups attached to an aromatic ring is 1. The Bertz CT molecular complexity index is 1340. The molecule has 0 aliphatic carbocycles. The van der Waals surface area contributed by atoms with E-state index in [-0.39, 0.29) is 27.6 Å². The van der Waals surface area contributed by atoms with Crippen LogP contribution in [0.3, 0.4) is 0 Å². The van der Waals surface area contributed by atoms with Crippen LogP contribution in [0.4, 0.5) is 10.2 Å². The highest BCUT2D eigenvalue weighted by Crippen LogP contribution is 2.40. The monoisotopic (exact) mass is 412 g/mol. The number of sulfone groups is 1. The summed E-state index contributed by atoms with van der Waals surface area (Å²) in [6, 6.07) is 14.1. The predicted molar refractivity (Wildman–Crippen MR) is 106 cm³/mol.